The minimum atomic E-state index is -3.29. The molecule has 3 heteroatoms. The van der Waals surface area contributed by atoms with Crippen LogP contribution in [0.1, 0.15) is 5.56 Å². The molecule has 0 aliphatic rings. The van der Waals surface area contributed by atoms with Crippen LogP contribution in [-0.4, -0.2) is 13.3 Å². The molecule has 0 saturated carbocycles. The molecule has 0 saturated heterocycles. The van der Waals surface area contributed by atoms with E-state index in [1.54, 1.807) is 0 Å². The van der Waals surface area contributed by atoms with Crippen LogP contribution in [0.15, 0.2) is 188 Å². The predicted molar refractivity (Wildman–Crippen MR) is 195 cm³/mol. The van der Waals surface area contributed by atoms with E-state index in [-0.39, 0.29) is 5.82 Å². The third-order valence-corrected chi connectivity index (χ3v) is 18.8. The number of aryl methyl sites for hydroxylation is 1. The van der Waals surface area contributed by atoms with Gasteiger partial charge < -0.3 is 0 Å². The Labute approximate surface area is 273 Å². The molecule has 7 rings (SSSR count). The third kappa shape index (κ3) is 5.68. The van der Waals surface area contributed by atoms with E-state index in [0.717, 1.165) is 22.6 Å². The molecule has 0 fully saturated rings. The number of hydrogen-bond donors (Lipinski definition) is 0. The molecule has 0 aromatic heterocycles. The van der Waals surface area contributed by atoms with Gasteiger partial charge in [-0.15, -0.1) is 0 Å². The first kappa shape index (κ1) is 29.5. The summed E-state index contributed by atoms with van der Waals surface area (Å²) in [4.78, 5) is 2.16. The van der Waals surface area contributed by atoms with Crippen LogP contribution in [0.2, 0.25) is 0 Å². The summed E-state index contributed by atoms with van der Waals surface area (Å²) in [7, 11) is 0. The summed E-state index contributed by atoms with van der Waals surface area (Å²) >= 11 is -3.29. The maximum atomic E-state index is 13.8. The molecule has 222 valence electrons. The van der Waals surface area contributed by atoms with Crippen molar-refractivity contribution in [2.24, 2.45) is 0 Å². The molecule has 0 N–H and O–H groups in total. The topological polar surface area (TPSA) is 3.24 Å². The summed E-state index contributed by atoms with van der Waals surface area (Å²) in [6, 6.07) is 66.2. The van der Waals surface area contributed by atoms with Gasteiger partial charge in [-0.05, 0) is 6.92 Å². The van der Waals surface area contributed by atoms with E-state index >= 15 is 0 Å². The van der Waals surface area contributed by atoms with E-state index in [1.165, 1.54) is 40.8 Å². The van der Waals surface area contributed by atoms with Gasteiger partial charge in [-0.3, -0.25) is 0 Å². The Morgan fingerprint density at radius 3 is 1.11 bits per heavy atom. The number of hydrogen-bond acceptors (Lipinski definition) is 1. The van der Waals surface area contributed by atoms with Crippen LogP contribution >= 0.6 is 0 Å². The molecular formula is C43H34FGeN. The van der Waals surface area contributed by atoms with Gasteiger partial charge in [0.25, 0.3) is 0 Å². The zero-order chi connectivity index (χ0) is 31.3. The summed E-state index contributed by atoms with van der Waals surface area (Å²) in [5.74, 6) is -0.244. The quantitative estimate of drug-likeness (QED) is 0.148. The van der Waals surface area contributed by atoms with E-state index in [1.807, 2.05) is 12.1 Å². The van der Waals surface area contributed by atoms with E-state index in [4.69, 9.17) is 0 Å². The summed E-state index contributed by atoms with van der Waals surface area (Å²) < 4.78 is 19.5. The molecule has 0 bridgehead atoms. The van der Waals surface area contributed by atoms with Crippen LogP contribution in [0.4, 0.5) is 21.5 Å². The normalized spacial score (nSPS) is 11.3. The minimum absolute atomic E-state index is 0.244. The second-order valence-corrected chi connectivity index (χ2v) is 19.6. The van der Waals surface area contributed by atoms with E-state index in [2.05, 4.69) is 176 Å². The Balaban J connectivity index is 1.29. The van der Waals surface area contributed by atoms with Crippen LogP contribution in [0.5, 0.6) is 0 Å². The summed E-state index contributed by atoms with van der Waals surface area (Å²) in [6.45, 7) is 2.08. The molecule has 1 nitrogen and oxygen atoms in total. The van der Waals surface area contributed by atoms with Crippen molar-refractivity contribution in [3.05, 3.63) is 199 Å². The van der Waals surface area contributed by atoms with Crippen molar-refractivity contribution < 1.29 is 4.39 Å². The average Bonchev–Trinajstić information content (AvgIpc) is 3.12. The summed E-state index contributed by atoms with van der Waals surface area (Å²) in [5.41, 5.74) is 6.47. The van der Waals surface area contributed by atoms with Gasteiger partial charge in [0, 0.05) is 0 Å². The first-order valence-corrected chi connectivity index (χ1v) is 19.8. The standard InChI is InChI=1S/C43H34FGeN/c1-33-17-27-41(28-18-33)46(43-31-23-36(44)24-32-43)42-29-21-35(22-30-42)34-19-25-40(26-20-34)45(37-11-5-2-6-12-37,38-13-7-3-8-14-38)39-15-9-4-10-16-39/h2-32H,1H3. The van der Waals surface area contributed by atoms with Crippen LogP contribution in [-0.2, 0) is 0 Å². The van der Waals surface area contributed by atoms with Gasteiger partial charge in [-0.1, -0.05) is 5.56 Å². The fraction of sp³-hybridized carbons (Fsp3) is 0.0233. The number of nitrogens with zero attached hydrogens (tertiary/aromatic N) is 1. The fourth-order valence-corrected chi connectivity index (χ4v) is 16.5. The van der Waals surface area contributed by atoms with Gasteiger partial charge in [0.1, 0.15) is 5.82 Å². The van der Waals surface area contributed by atoms with Crippen molar-refractivity contribution in [1.29, 1.82) is 0 Å². The Bertz CT molecular complexity index is 1860. The first-order valence-electron chi connectivity index (χ1n) is 15.6. The van der Waals surface area contributed by atoms with Crippen LogP contribution in [0.3, 0.4) is 0 Å². The van der Waals surface area contributed by atoms with Crippen molar-refractivity contribution in [2.75, 3.05) is 4.90 Å². The van der Waals surface area contributed by atoms with E-state index < -0.39 is 13.3 Å². The van der Waals surface area contributed by atoms with Crippen molar-refractivity contribution in [3.8, 4) is 11.1 Å². The predicted octanol–water partition coefficient (Wildman–Crippen LogP) is 8.65. The molecule has 46 heavy (non-hydrogen) atoms. The Hall–Kier alpha value is -5.19. The van der Waals surface area contributed by atoms with E-state index in [0.29, 0.717) is 0 Å². The van der Waals surface area contributed by atoms with Crippen molar-refractivity contribution in [2.45, 2.75) is 6.92 Å². The van der Waals surface area contributed by atoms with Gasteiger partial charge in [0.15, 0.2) is 0 Å². The number of rotatable bonds is 8. The molecule has 0 aliphatic carbocycles. The molecule has 0 aliphatic heterocycles. The molecule has 0 spiro atoms. The fourth-order valence-electron chi connectivity index (χ4n) is 6.51. The average molecular weight is 656 g/mol. The molecule has 0 heterocycles. The van der Waals surface area contributed by atoms with Crippen molar-refractivity contribution in [1.82, 2.24) is 0 Å². The molecule has 7 aromatic rings. The molecule has 7 aromatic carbocycles. The van der Waals surface area contributed by atoms with Crippen LogP contribution in [0.25, 0.3) is 11.1 Å². The zero-order valence-electron chi connectivity index (χ0n) is 25.7. The SMILES string of the molecule is Cc1ccc(N(c2ccc(F)cc2)c2ccc(-c3cc[c]([Ge]([c]4ccccc4)([c]4ccccc4)[c]4ccccc4)cc3)cc2)cc1. The monoisotopic (exact) mass is 657 g/mol. The second kappa shape index (κ2) is 13.0. The Morgan fingerprint density at radius 2 is 0.696 bits per heavy atom. The number of halogens is 1. The van der Waals surface area contributed by atoms with Crippen molar-refractivity contribution >= 4 is 47.9 Å². The molecule has 0 amide bonds. The van der Waals surface area contributed by atoms with Crippen molar-refractivity contribution in [3.63, 3.8) is 0 Å². The van der Waals surface area contributed by atoms with Crippen LogP contribution < -0.4 is 22.5 Å². The second-order valence-electron chi connectivity index (χ2n) is 11.6. The van der Waals surface area contributed by atoms with Gasteiger partial charge in [0.05, 0.1) is 0 Å². The maximum absolute atomic E-state index is 13.8. The van der Waals surface area contributed by atoms with Gasteiger partial charge in [-0.2, -0.15) is 0 Å². The summed E-state index contributed by atoms with van der Waals surface area (Å²) in [6.07, 6.45) is 0. The zero-order valence-corrected chi connectivity index (χ0v) is 27.8. The molecule has 0 radical (unpaired) electrons. The summed E-state index contributed by atoms with van der Waals surface area (Å²) in [5, 5.41) is 0. The van der Waals surface area contributed by atoms with E-state index in [9.17, 15) is 4.39 Å². The Morgan fingerprint density at radius 1 is 0.370 bits per heavy atom. The first-order chi connectivity index (χ1) is 22.6. The van der Waals surface area contributed by atoms with Gasteiger partial charge >= 0.3 is 252 Å². The Kier molecular flexibility index (Phi) is 8.37. The number of anilines is 3. The molecule has 0 atom stereocenters. The molecular weight excluding hydrogens is 622 g/mol. The van der Waals surface area contributed by atoms with Gasteiger partial charge in [0.2, 0.25) is 0 Å². The number of benzene rings is 7. The van der Waals surface area contributed by atoms with Gasteiger partial charge in [-0.25, -0.2) is 4.39 Å². The van der Waals surface area contributed by atoms with Crippen LogP contribution in [0, 0.1) is 12.7 Å². The molecule has 0 unspecified atom stereocenters. The third-order valence-electron chi connectivity index (χ3n) is 8.77.